The molecular weight excluding hydrogens is 206 g/mol. The molecule has 1 N–H and O–H groups in total. The van der Waals surface area contributed by atoms with Crippen molar-refractivity contribution in [3.63, 3.8) is 0 Å². The molecule has 0 fully saturated rings. The molecule has 1 aromatic rings. The predicted octanol–water partition coefficient (Wildman–Crippen LogP) is 4.31. The van der Waals surface area contributed by atoms with Crippen LogP contribution in [-0.4, -0.2) is 6.54 Å². The van der Waals surface area contributed by atoms with Gasteiger partial charge in [-0.05, 0) is 49.9 Å². The molecule has 1 aromatic carbocycles. The fourth-order valence-corrected chi connectivity index (χ4v) is 1.97. The Bertz CT molecular complexity index is 379. The predicted molar refractivity (Wildman–Crippen MR) is 76.4 cm³/mol. The van der Waals surface area contributed by atoms with Crippen LogP contribution in [0.15, 0.2) is 30.4 Å². The van der Waals surface area contributed by atoms with E-state index in [0.29, 0.717) is 6.04 Å². The first-order valence-corrected chi connectivity index (χ1v) is 6.55. The maximum atomic E-state index is 4.12. The SMILES string of the molecule is C=C(CC)CC(NCC)c1ccc(C)c(C)c1. The van der Waals surface area contributed by atoms with E-state index in [1.54, 1.807) is 0 Å². The lowest BCUT2D eigenvalue weighted by atomic mass is 9.95. The molecule has 0 heterocycles. The highest BCUT2D eigenvalue weighted by Crippen LogP contribution is 2.23. The van der Waals surface area contributed by atoms with Crippen LogP contribution in [0.1, 0.15) is 49.4 Å². The van der Waals surface area contributed by atoms with Crippen LogP contribution in [0.5, 0.6) is 0 Å². The van der Waals surface area contributed by atoms with Crippen molar-refractivity contribution in [1.29, 1.82) is 0 Å². The number of nitrogens with one attached hydrogen (secondary N) is 1. The average molecular weight is 231 g/mol. The smallest absolute Gasteiger partial charge is 0.0357 e. The van der Waals surface area contributed by atoms with Gasteiger partial charge in [0.05, 0.1) is 0 Å². The average Bonchev–Trinajstić information content (AvgIpc) is 2.32. The van der Waals surface area contributed by atoms with Crippen molar-refractivity contribution in [2.75, 3.05) is 6.54 Å². The Morgan fingerprint density at radius 2 is 1.94 bits per heavy atom. The van der Waals surface area contributed by atoms with Crippen LogP contribution in [0, 0.1) is 13.8 Å². The summed E-state index contributed by atoms with van der Waals surface area (Å²) < 4.78 is 0. The van der Waals surface area contributed by atoms with Crippen LogP contribution >= 0.6 is 0 Å². The summed E-state index contributed by atoms with van der Waals surface area (Å²) in [7, 11) is 0. The minimum Gasteiger partial charge on any atom is -0.310 e. The Balaban J connectivity index is 2.88. The van der Waals surface area contributed by atoms with Gasteiger partial charge in [-0.15, -0.1) is 0 Å². The highest BCUT2D eigenvalue weighted by molar-refractivity contribution is 5.32. The van der Waals surface area contributed by atoms with Crippen molar-refractivity contribution in [2.45, 2.75) is 46.6 Å². The summed E-state index contributed by atoms with van der Waals surface area (Å²) in [6.07, 6.45) is 2.10. The van der Waals surface area contributed by atoms with Gasteiger partial charge in [0.1, 0.15) is 0 Å². The molecular formula is C16H25N. The molecule has 0 aliphatic rings. The lowest BCUT2D eigenvalue weighted by Crippen LogP contribution is -2.21. The zero-order chi connectivity index (χ0) is 12.8. The zero-order valence-corrected chi connectivity index (χ0v) is 11.6. The highest BCUT2D eigenvalue weighted by Gasteiger charge is 2.11. The third kappa shape index (κ3) is 4.01. The second kappa shape index (κ2) is 6.61. The van der Waals surface area contributed by atoms with E-state index in [1.165, 1.54) is 22.3 Å². The molecule has 0 amide bonds. The van der Waals surface area contributed by atoms with E-state index in [9.17, 15) is 0 Å². The highest BCUT2D eigenvalue weighted by atomic mass is 14.9. The van der Waals surface area contributed by atoms with Crippen molar-refractivity contribution in [3.05, 3.63) is 47.0 Å². The molecule has 0 saturated carbocycles. The third-order valence-electron chi connectivity index (χ3n) is 3.38. The lowest BCUT2D eigenvalue weighted by molar-refractivity contribution is 0.542. The van der Waals surface area contributed by atoms with E-state index in [0.717, 1.165) is 19.4 Å². The Hall–Kier alpha value is -1.08. The molecule has 1 atom stereocenters. The summed E-state index contributed by atoms with van der Waals surface area (Å²) >= 11 is 0. The van der Waals surface area contributed by atoms with Crippen LogP contribution in [0.4, 0.5) is 0 Å². The molecule has 0 aromatic heterocycles. The van der Waals surface area contributed by atoms with Crippen LogP contribution in [0.2, 0.25) is 0 Å². The second-order valence-corrected chi connectivity index (χ2v) is 4.76. The van der Waals surface area contributed by atoms with Gasteiger partial charge in [-0.3, -0.25) is 0 Å². The Labute approximate surface area is 106 Å². The van der Waals surface area contributed by atoms with E-state index in [-0.39, 0.29) is 0 Å². The topological polar surface area (TPSA) is 12.0 Å². The fourth-order valence-electron chi connectivity index (χ4n) is 1.97. The van der Waals surface area contributed by atoms with Gasteiger partial charge >= 0.3 is 0 Å². The molecule has 1 heteroatoms. The molecule has 0 bridgehead atoms. The van der Waals surface area contributed by atoms with Crippen LogP contribution in [0.25, 0.3) is 0 Å². The summed E-state index contributed by atoms with van der Waals surface area (Å²) in [5, 5.41) is 3.55. The summed E-state index contributed by atoms with van der Waals surface area (Å²) in [6.45, 7) is 13.8. The van der Waals surface area contributed by atoms with Crippen LogP contribution in [-0.2, 0) is 0 Å². The Morgan fingerprint density at radius 1 is 1.24 bits per heavy atom. The minimum atomic E-state index is 0.409. The van der Waals surface area contributed by atoms with Crippen molar-refractivity contribution in [1.82, 2.24) is 5.32 Å². The maximum absolute atomic E-state index is 4.12. The maximum Gasteiger partial charge on any atom is 0.0357 e. The Kier molecular flexibility index (Phi) is 5.43. The first kappa shape index (κ1) is 14.0. The summed E-state index contributed by atoms with van der Waals surface area (Å²) in [4.78, 5) is 0. The molecule has 1 rings (SSSR count). The molecule has 1 nitrogen and oxygen atoms in total. The Morgan fingerprint density at radius 3 is 2.47 bits per heavy atom. The first-order chi connectivity index (χ1) is 8.08. The van der Waals surface area contributed by atoms with Gasteiger partial charge in [-0.25, -0.2) is 0 Å². The molecule has 0 saturated heterocycles. The van der Waals surface area contributed by atoms with E-state index in [1.807, 2.05) is 0 Å². The molecule has 17 heavy (non-hydrogen) atoms. The summed E-state index contributed by atoms with van der Waals surface area (Å²) in [6, 6.07) is 7.15. The van der Waals surface area contributed by atoms with E-state index in [4.69, 9.17) is 0 Å². The van der Waals surface area contributed by atoms with Gasteiger partial charge in [-0.1, -0.05) is 44.2 Å². The molecule has 94 valence electrons. The minimum absolute atomic E-state index is 0.409. The number of aryl methyl sites for hydroxylation is 2. The molecule has 1 unspecified atom stereocenters. The summed E-state index contributed by atoms with van der Waals surface area (Å²) in [5.74, 6) is 0. The summed E-state index contributed by atoms with van der Waals surface area (Å²) in [5.41, 5.74) is 5.42. The van der Waals surface area contributed by atoms with Crippen LogP contribution in [0.3, 0.4) is 0 Å². The van der Waals surface area contributed by atoms with Gasteiger partial charge in [0, 0.05) is 6.04 Å². The second-order valence-electron chi connectivity index (χ2n) is 4.76. The monoisotopic (exact) mass is 231 g/mol. The molecule has 0 radical (unpaired) electrons. The fraction of sp³-hybridized carbons (Fsp3) is 0.500. The largest absolute Gasteiger partial charge is 0.310 e. The van der Waals surface area contributed by atoms with Gasteiger partial charge in [0.15, 0.2) is 0 Å². The van der Waals surface area contributed by atoms with Crippen molar-refractivity contribution in [3.8, 4) is 0 Å². The standard InChI is InChI=1S/C16H25N/c1-6-12(3)10-16(17-7-2)15-9-8-13(4)14(5)11-15/h8-9,11,16-17H,3,6-7,10H2,1-2,4-5H3. The first-order valence-electron chi connectivity index (χ1n) is 6.55. The van der Waals surface area contributed by atoms with E-state index < -0.39 is 0 Å². The number of rotatable bonds is 6. The number of hydrogen-bond acceptors (Lipinski definition) is 1. The molecule has 0 aliphatic heterocycles. The van der Waals surface area contributed by atoms with Crippen molar-refractivity contribution < 1.29 is 0 Å². The number of hydrogen-bond donors (Lipinski definition) is 1. The molecule has 0 spiro atoms. The zero-order valence-electron chi connectivity index (χ0n) is 11.6. The lowest BCUT2D eigenvalue weighted by Gasteiger charge is -2.20. The van der Waals surface area contributed by atoms with Gasteiger partial charge in [0.2, 0.25) is 0 Å². The van der Waals surface area contributed by atoms with Gasteiger partial charge in [0.25, 0.3) is 0 Å². The van der Waals surface area contributed by atoms with Crippen LogP contribution < -0.4 is 5.32 Å². The van der Waals surface area contributed by atoms with Gasteiger partial charge in [-0.2, -0.15) is 0 Å². The van der Waals surface area contributed by atoms with E-state index >= 15 is 0 Å². The normalized spacial score (nSPS) is 12.5. The number of benzene rings is 1. The third-order valence-corrected chi connectivity index (χ3v) is 3.38. The van der Waals surface area contributed by atoms with E-state index in [2.05, 4.69) is 57.8 Å². The van der Waals surface area contributed by atoms with Crippen molar-refractivity contribution in [2.24, 2.45) is 0 Å². The van der Waals surface area contributed by atoms with Crippen molar-refractivity contribution >= 4 is 0 Å². The van der Waals surface area contributed by atoms with Gasteiger partial charge < -0.3 is 5.32 Å². The molecule has 0 aliphatic carbocycles. The quantitative estimate of drug-likeness (QED) is 0.719.